The van der Waals surface area contributed by atoms with Crippen LogP contribution in [0.15, 0.2) is 40.8 Å². The molecule has 2 heterocycles. The summed E-state index contributed by atoms with van der Waals surface area (Å²) in [6, 6.07) is 7.68. The third-order valence-electron chi connectivity index (χ3n) is 3.63. The number of benzene rings is 1. The lowest BCUT2D eigenvalue weighted by atomic mass is 10.2. The van der Waals surface area contributed by atoms with E-state index in [-0.39, 0.29) is 24.0 Å². The Hall–Kier alpha value is -1.06. The quantitative estimate of drug-likeness (QED) is 0.432. The zero-order chi connectivity index (χ0) is 15.4. The first-order valence-corrected chi connectivity index (χ1v) is 8.42. The maximum atomic E-state index is 6.11. The number of hydrogen-bond donors (Lipinski definition) is 1. The van der Waals surface area contributed by atoms with Crippen molar-refractivity contribution in [3.8, 4) is 0 Å². The molecule has 2 aromatic rings. The third kappa shape index (κ3) is 4.95. The fourth-order valence-electron chi connectivity index (χ4n) is 2.36. The lowest BCUT2D eigenvalue weighted by molar-refractivity contribution is 0.380. The Kier molecular flexibility index (Phi) is 6.91. The van der Waals surface area contributed by atoms with Gasteiger partial charge in [0.1, 0.15) is 0 Å². The number of piperazine rings is 1. The molecular formula is C15H19ClIN5S. The van der Waals surface area contributed by atoms with Gasteiger partial charge in [-0.1, -0.05) is 23.7 Å². The molecule has 5 nitrogen and oxygen atoms in total. The Balaban J connectivity index is 0.00000192. The van der Waals surface area contributed by atoms with E-state index in [2.05, 4.69) is 19.8 Å². The molecule has 1 fully saturated rings. The number of aliphatic imine (C=N–C) groups is 1. The molecule has 0 saturated carbocycles. The highest BCUT2D eigenvalue weighted by Gasteiger charge is 2.19. The smallest absolute Gasteiger partial charge is 0.191 e. The van der Waals surface area contributed by atoms with Gasteiger partial charge < -0.3 is 15.5 Å². The molecule has 1 aromatic heterocycles. The maximum Gasteiger partial charge on any atom is 0.191 e. The standard InChI is InChI=1S/C15H18ClN5S.HI/c16-13-3-1-12(2-4-13)11-19-14(17)20-6-8-21(9-7-20)15-18-5-10-22-15;/h1-5,10H,6-9,11H2,(H2,17,19);1H. The number of guanidine groups is 1. The van der Waals surface area contributed by atoms with E-state index in [0.29, 0.717) is 12.5 Å². The Morgan fingerprint density at radius 1 is 1.22 bits per heavy atom. The number of anilines is 1. The van der Waals surface area contributed by atoms with Crippen LogP contribution in [-0.4, -0.2) is 42.0 Å². The summed E-state index contributed by atoms with van der Waals surface area (Å²) >= 11 is 7.55. The predicted octanol–water partition coefficient (Wildman–Crippen LogP) is 3.05. The number of nitrogens with two attached hydrogens (primary N) is 1. The van der Waals surface area contributed by atoms with Crippen molar-refractivity contribution in [3.63, 3.8) is 0 Å². The summed E-state index contributed by atoms with van der Waals surface area (Å²) in [5.74, 6) is 0.605. The van der Waals surface area contributed by atoms with Gasteiger partial charge in [-0.2, -0.15) is 0 Å². The first kappa shape index (κ1) is 18.3. The van der Waals surface area contributed by atoms with Gasteiger partial charge in [0, 0.05) is 42.8 Å². The number of halogens is 2. The summed E-state index contributed by atoms with van der Waals surface area (Å²) in [5, 5.41) is 3.82. The SMILES string of the molecule is I.NC(=NCc1ccc(Cl)cc1)N1CCN(c2nccs2)CC1. The molecule has 0 aliphatic carbocycles. The molecule has 0 unspecified atom stereocenters. The van der Waals surface area contributed by atoms with Gasteiger partial charge in [-0.3, -0.25) is 0 Å². The Morgan fingerprint density at radius 2 is 1.91 bits per heavy atom. The van der Waals surface area contributed by atoms with Crippen LogP contribution in [0.4, 0.5) is 5.13 Å². The van der Waals surface area contributed by atoms with Gasteiger partial charge in [-0.25, -0.2) is 9.98 Å². The van der Waals surface area contributed by atoms with Gasteiger partial charge in [0.15, 0.2) is 11.1 Å². The number of hydrogen-bond acceptors (Lipinski definition) is 4. The molecule has 1 aromatic carbocycles. The summed E-state index contributed by atoms with van der Waals surface area (Å²) in [6.45, 7) is 4.16. The van der Waals surface area contributed by atoms with Crippen molar-refractivity contribution < 1.29 is 0 Å². The van der Waals surface area contributed by atoms with E-state index in [4.69, 9.17) is 17.3 Å². The summed E-state index contributed by atoms with van der Waals surface area (Å²) in [5.41, 5.74) is 7.21. The van der Waals surface area contributed by atoms with Crippen molar-refractivity contribution >= 4 is 58.0 Å². The monoisotopic (exact) mass is 463 g/mol. The first-order chi connectivity index (χ1) is 10.7. The Morgan fingerprint density at radius 3 is 2.52 bits per heavy atom. The second kappa shape index (κ2) is 8.70. The van der Waals surface area contributed by atoms with Crippen LogP contribution in [0.3, 0.4) is 0 Å². The fraction of sp³-hybridized carbons (Fsp3) is 0.333. The second-order valence-corrected chi connectivity index (χ2v) is 6.40. The molecule has 2 N–H and O–H groups in total. The van der Waals surface area contributed by atoms with E-state index in [1.54, 1.807) is 11.3 Å². The zero-order valence-electron chi connectivity index (χ0n) is 12.6. The molecule has 1 aliphatic rings. The summed E-state index contributed by atoms with van der Waals surface area (Å²) in [4.78, 5) is 13.2. The van der Waals surface area contributed by atoms with E-state index >= 15 is 0 Å². The van der Waals surface area contributed by atoms with Gasteiger partial charge in [0.25, 0.3) is 0 Å². The van der Waals surface area contributed by atoms with Crippen molar-refractivity contribution in [2.24, 2.45) is 10.7 Å². The predicted molar refractivity (Wildman–Crippen MR) is 108 cm³/mol. The lowest BCUT2D eigenvalue weighted by Crippen LogP contribution is -2.51. The van der Waals surface area contributed by atoms with Crippen LogP contribution in [0.1, 0.15) is 5.56 Å². The maximum absolute atomic E-state index is 6.11. The molecule has 0 radical (unpaired) electrons. The van der Waals surface area contributed by atoms with Gasteiger partial charge in [0.05, 0.1) is 6.54 Å². The van der Waals surface area contributed by atoms with Gasteiger partial charge in [0.2, 0.25) is 0 Å². The molecule has 8 heteroatoms. The molecule has 0 spiro atoms. The van der Waals surface area contributed by atoms with Gasteiger partial charge >= 0.3 is 0 Å². The zero-order valence-corrected chi connectivity index (χ0v) is 16.5. The average molecular weight is 464 g/mol. The second-order valence-electron chi connectivity index (χ2n) is 5.09. The molecule has 1 saturated heterocycles. The van der Waals surface area contributed by atoms with Crippen molar-refractivity contribution in [2.75, 3.05) is 31.1 Å². The average Bonchev–Trinajstić information content (AvgIpc) is 3.09. The highest BCUT2D eigenvalue weighted by atomic mass is 127. The Bertz CT molecular complexity index is 624. The van der Waals surface area contributed by atoms with E-state index in [9.17, 15) is 0 Å². The molecule has 3 rings (SSSR count). The lowest BCUT2D eigenvalue weighted by Gasteiger charge is -2.35. The topological polar surface area (TPSA) is 57.8 Å². The minimum atomic E-state index is 0. The molecular weight excluding hydrogens is 445 g/mol. The van der Waals surface area contributed by atoms with Gasteiger partial charge in [-0.05, 0) is 17.7 Å². The molecule has 0 bridgehead atoms. The van der Waals surface area contributed by atoms with Crippen molar-refractivity contribution in [1.29, 1.82) is 0 Å². The van der Waals surface area contributed by atoms with E-state index < -0.39 is 0 Å². The number of rotatable bonds is 3. The van der Waals surface area contributed by atoms with E-state index in [1.807, 2.05) is 35.8 Å². The van der Waals surface area contributed by atoms with Gasteiger partial charge in [-0.15, -0.1) is 35.3 Å². The van der Waals surface area contributed by atoms with Crippen LogP contribution < -0.4 is 10.6 Å². The molecule has 1 aliphatic heterocycles. The summed E-state index contributed by atoms with van der Waals surface area (Å²) in [6.07, 6.45) is 1.84. The number of aromatic nitrogens is 1. The van der Waals surface area contributed by atoms with Crippen LogP contribution in [0.5, 0.6) is 0 Å². The highest BCUT2D eigenvalue weighted by Crippen LogP contribution is 2.18. The highest BCUT2D eigenvalue weighted by molar-refractivity contribution is 14.0. The van der Waals surface area contributed by atoms with E-state index in [0.717, 1.165) is 41.9 Å². The number of nitrogens with zero attached hydrogens (tertiary/aromatic N) is 4. The van der Waals surface area contributed by atoms with Crippen LogP contribution in [0.2, 0.25) is 5.02 Å². The van der Waals surface area contributed by atoms with Crippen LogP contribution in [0.25, 0.3) is 0 Å². The molecule has 0 amide bonds. The number of thiazole rings is 1. The molecule has 0 atom stereocenters. The largest absolute Gasteiger partial charge is 0.370 e. The normalized spacial score (nSPS) is 15.4. The van der Waals surface area contributed by atoms with Crippen LogP contribution in [-0.2, 0) is 6.54 Å². The van der Waals surface area contributed by atoms with Crippen LogP contribution in [0, 0.1) is 0 Å². The van der Waals surface area contributed by atoms with Crippen molar-refractivity contribution in [1.82, 2.24) is 9.88 Å². The van der Waals surface area contributed by atoms with Crippen molar-refractivity contribution in [3.05, 3.63) is 46.4 Å². The fourth-order valence-corrected chi connectivity index (χ4v) is 3.18. The van der Waals surface area contributed by atoms with Crippen LogP contribution >= 0.6 is 46.9 Å². The third-order valence-corrected chi connectivity index (χ3v) is 4.71. The summed E-state index contributed by atoms with van der Waals surface area (Å²) in [7, 11) is 0. The summed E-state index contributed by atoms with van der Waals surface area (Å²) < 4.78 is 0. The van der Waals surface area contributed by atoms with E-state index in [1.165, 1.54) is 0 Å². The van der Waals surface area contributed by atoms with Crippen molar-refractivity contribution in [2.45, 2.75) is 6.54 Å². The minimum absolute atomic E-state index is 0. The Labute approximate surface area is 162 Å². The first-order valence-electron chi connectivity index (χ1n) is 7.16. The molecule has 23 heavy (non-hydrogen) atoms. The minimum Gasteiger partial charge on any atom is -0.370 e. The molecule has 124 valence electrons.